The molecule has 5 heteroatoms. The largest absolute Gasteiger partial charge is 0.326 e. The summed E-state index contributed by atoms with van der Waals surface area (Å²) in [6.07, 6.45) is 0. The maximum atomic E-state index is 13.5. The van der Waals surface area contributed by atoms with Crippen molar-refractivity contribution in [2.24, 2.45) is 0 Å². The number of nitrogens with zero attached hydrogens (tertiary/aromatic N) is 2. The second-order valence-electron chi connectivity index (χ2n) is 3.32. The average molecular weight is 285 g/mol. The summed E-state index contributed by atoms with van der Waals surface area (Å²) >= 11 is 3.12. The van der Waals surface area contributed by atoms with E-state index in [0.29, 0.717) is 4.47 Å². The predicted molar refractivity (Wildman–Crippen MR) is 61.3 cm³/mol. The van der Waals surface area contributed by atoms with E-state index in [4.69, 9.17) is 5.26 Å². The summed E-state index contributed by atoms with van der Waals surface area (Å²) in [5.74, 6) is -1.12. The van der Waals surface area contributed by atoms with Gasteiger partial charge < -0.3 is 4.90 Å². The standard InChI is InChI=1S/C11H10BrFN2O/c1-7(6-14)15(2)11(16)10-8(12)4-3-5-9(10)13/h3-5,7H,1-2H3. The first-order valence-corrected chi connectivity index (χ1v) is 5.39. The van der Waals surface area contributed by atoms with Crippen molar-refractivity contribution in [3.63, 3.8) is 0 Å². The normalized spacial score (nSPS) is 11.7. The van der Waals surface area contributed by atoms with Gasteiger partial charge in [0.25, 0.3) is 5.91 Å². The van der Waals surface area contributed by atoms with Gasteiger partial charge in [0.15, 0.2) is 0 Å². The fraction of sp³-hybridized carbons (Fsp3) is 0.273. The SMILES string of the molecule is CC(C#N)N(C)C(=O)c1c(F)cccc1Br. The number of hydrogen-bond acceptors (Lipinski definition) is 2. The molecule has 1 unspecified atom stereocenters. The van der Waals surface area contributed by atoms with Gasteiger partial charge in [-0.05, 0) is 35.0 Å². The van der Waals surface area contributed by atoms with Crippen LogP contribution in [0.25, 0.3) is 0 Å². The lowest BCUT2D eigenvalue weighted by molar-refractivity contribution is 0.0767. The first-order chi connectivity index (χ1) is 7.49. The average Bonchev–Trinajstić information content (AvgIpc) is 2.26. The van der Waals surface area contributed by atoms with E-state index in [1.54, 1.807) is 13.0 Å². The highest BCUT2D eigenvalue weighted by atomic mass is 79.9. The molecule has 16 heavy (non-hydrogen) atoms. The number of carbonyl (C=O) groups excluding carboxylic acids is 1. The van der Waals surface area contributed by atoms with E-state index in [-0.39, 0.29) is 5.56 Å². The fourth-order valence-corrected chi connectivity index (χ4v) is 1.65. The predicted octanol–water partition coefficient (Wildman–Crippen LogP) is 2.57. The van der Waals surface area contributed by atoms with E-state index in [0.717, 1.165) is 0 Å². The van der Waals surface area contributed by atoms with Gasteiger partial charge in [-0.1, -0.05) is 6.07 Å². The lowest BCUT2D eigenvalue weighted by atomic mass is 10.1. The maximum absolute atomic E-state index is 13.5. The van der Waals surface area contributed by atoms with Crippen LogP contribution in [-0.4, -0.2) is 23.9 Å². The van der Waals surface area contributed by atoms with Crippen LogP contribution in [-0.2, 0) is 0 Å². The molecule has 0 bridgehead atoms. The van der Waals surface area contributed by atoms with Gasteiger partial charge in [-0.25, -0.2) is 4.39 Å². The Hall–Kier alpha value is -1.41. The third kappa shape index (κ3) is 2.39. The quantitative estimate of drug-likeness (QED) is 0.838. The highest BCUT2D eigenvalue weighted by Gasteiger charge is 2.22. The Balaban J connectivity index is 3.11. The Morgan fingerprint density at radius 3 is 2.75 bits per heavy atom. The number of nitriles is 1. The summed E-state index contributed by atoms with van der Waals surface area (Å²) in [5.41, 5.74) is -0.0490. The van der Waals surface area contributed by atoms with Gasteiger partial charge >= 0.3 is 0 Å². The van der Waals surface area contributed by atoms with E-state index in [9.17, 15) is 9.18 Å². The van der Waals surface area contributed by atoms with Crippen molar-refractivity contribution in [2.75, 3.05) is 7.05 Å². The number of carbonyl (C=O) groups is 1. The smallest absolute Gasteiger partial charge is 0.258 e. The van der Waals surface area contributed by atoms with Gasteiger partial charge in [-0.15, -0.1) is 0 Å². The summed E-state index contributed by atoms with van der Waals surface area (Å²) in [7, 11) is 1.47. The van der Waals surface area contributed by atoms with Crippen LogP contribution in [0, 0.1) is 17.1 Å². The van der Waals surface area contributed by atoms with Crippen molar-refractivity contribution in [1.29, 1.82) is 5.26 Å². The van der Waals surface area contributed by atoms with Crippen LogP contribution < -0.4 is 0 Å². The first kappa shape index (κ1) is 12.7. The Morgan fingerprint density at radius 2 is 2.25 bits per heavy atom. The minimum Gasteiger partial charge on any atom is -0.326 e. The van der Waals surface area contributed by atoms with Crippen molar-refractivity contribution >= 4 is 21.8 Å². The van der Waals surface area contributed by atoms with Crippen molar-refractivity contribution in [3.05, 3.63) is 34.1 Å². The molecular weight excluding hydrogens is 275 g/mol. The molecule has 1 rings (SSSR count). The zero-order chi connectivity index (χ0) is 12.3. The van der Waals surface area contributed by atoms with Crippen LogP contribution in [0.5, 0.6) is 0 Å². The number of rotatable bonds is 2. The lowest BCUT2D eigenvalue weighted by Crippen LogP contribution is -2.34. The summed E-state index contributed by atoms with van der Waals surface area (Å²) in [6, 6.07) is 5.62. The van der Waals surface area contributed by atoms with E-state index in [1.807, 2.05) is 6.07 Å². The van der Waals surface area contributed by atoms with Gasteiger partial charge in [-0.2, -0.15) is 5.26 Å². The van der Waals surface area contributed by atoms with Gasteiger partial charge in [0, 0.05) is 11.5 Å². The third-order valence-corrected chi connectivity index (χ3v) is 2.93. The molecule has 84 valence electrons. The molecule has 1 amide bonds. The van der Waals surface area contributed by atoms with Gasteiger partial charge in [0.1, 0.15) is 11.9 Å². The molecule has 0 aliphatic carbocycles. The van der Waals surface area contributed by atoms with Crippen molar-refractivity contribution in [2.45, 2.75) is 13.0 Å². The van der Waals surface area contributed by atoms with Crippen molar-refractivity contribution in [1.82, 2.24) is 4.90 Å². The van der Waals surface area contributed by atoms with Crippen LogP contribution in [0.3, 0.4) is 0 Å². The van der Waals surface area contributed by atoms with E-state index >= 15 is 0 Å². The zero-order valence-electron chi connectivity index (χ0n) is 8.87. The molecule has 1 atom stereocenters. The van der Waals surface area contributed by atoms with Gasteiger partial charge in [0.05, 0.1) is 11.6 Å². The highest BCUT2D eigenvalue weighted by molar-refractivity contribution is 9.10. The Bertz CT molecular complexity index is 436. The molecule has 0 fully saturated rings. The Morgan fingerprint density at radius 1 is 1.62 bits per heavy atom. The second kappa shape index (κ2) is 5.08. The van der Waals surface area contributed by atoms with Gasteiger partial charge in [-0.3, -0.25) is 4.79 Å². The fourth-order valence-electron chi connectivity index (χ4n) is 1.14. The number of halogens is 2. The molecule has 0 aliphatic heterocycles. The molecular formula is C11H10BrFN2O. The Labute approximate surface area is 102 Å². The Kier molecular flexibility index (Phi) is 4.02. The summed E-state index contributed by atoms with van der Waals surface area (Å²) in [4.78, 5) is 13.1. The lowest BCUT2D eigenvalue weighted by Gasteiger charge is -2.20. The summed E-state index contributed by atoms with van der Waals surface area (Å²) in [6.45, 7) is 1.58. The van der Waals surface area contributed by atoms with Crippen molar-refractivity contribution < 1.29 is 9.18 Å². The molecule has 0 saturated carbocycles. The molecule has 3 nitrogen and oxygen atoms in total. The monoisotopic (exact) mass is 284 g/mol. The molecule has 0 heterocycles. The van der Waals surface area contributed by atoms with E-state index in [2.05, 4.69) is 15.9 Å². The molecule has 0 aliphatic rings. The maximum Gasteiger partial charge on any atom is 0.258 e. The summed E-state index contributed by atoms with van der Waals surface area (Å²) in [5, 5.41) is 8.69. The number of benzene rings is 1. The van der Waals surface area contributed by atoms with E-state index < -0.39 is 17.8 Å². The number of amides is 1. The van der Waals surface area contributed by atoms with Crippen LogP contribution >= 0.6 is 15.9 Å². The molecule has 1 aromatic carbocycles. The minimum atomic E-state index is -0.601. The third-order valence-electron chi connectivity index (χ3n) is 2.26. The molecule has 0 spiro atoms. The van der Waals surface area contributed by atoms with Crippen LogP contribution in [0.15, 0.2) is 22.7 Å². The zero-order valence-corrected chi connectivity index (χ0v) is 10.5. The molecule has 0 saturated heterocycles. The van der Waals surface area contributed by atoms with Crippen molar-refractivity contribution in [3.8, 4) is 6.07 Å². The van der Waals surface area contributed by atoms with Crippen LogP contribution in [0.4, 0.5) is 4.39 Å². The molecule has 0 radical (unpaired) electrons. The summed E-state index contributed by atoms with van der Waals surface area (Å²) < 4.78 is 13.9. The minimum absolute atomic E-state index is 0.0490. The van der Waals surface area contributed by atoms with E-state index in [1.165, 1.54) is 24.1 Å². The first-order valence-electron chi connectivity index (χ1n) is 4.59. The highest BCUT2D eigenvalue weighted by Crippen LogP contribution is 2.21. The molecule has 0 N–H and O–H groups in total. The molecule has 0 aromatic heterocycles. The second-order valence-corrected chi connectivity index (χ2v) is 4.17. The van der Waals surface area contributed by atoms with Crippen LogP contribution in [0.2, 0.25) is 0 Å². The number of hydrogen-bond donors (Lipinski definition) is 0. The van der Waals surface area contributed by atoms with Gasteiger partial charge in [0.2, 0.25) is 0 Å². The molecule has 1 aromatic rings. The van der Waals surface area contributed by atoms with Crippen LogP contribution in [0.1, 0.15) is 17.3 Å². The topological polar surface area (TPSA) is 44.1 Å².